The SMILES string of the molecule is COc1ccc(/C=N\N2CC[NH+](Cc3ccc(C)cc3)CC2)cc1OCc1ccccc1. The van der Waals surface area contributed by atoms with Gasteiger partial charge in [0.05, 0.1) is 39.5 Å². The Morgan fingerprint density at radius 3 is 2.38 bits per heavy atom. The van der Waals surface area contributed by atoms with Crippen LogP contribution in [0.5, 0.6) is 11.5 Å². The van der Waals surface area contributed by atoms with Crippen LogP contribution in [0.15, 0.2) is 77.9 Å². The number of ether oxygens (including phenoxy) is 2. The van der Waals surface area contributed by atoms with Crippen LogP contribution in [-0.4, -0.2) is 44.5 Å². The summed E-state index contributed by atoms with van der Waals surface area (Å²) in [7, 11) is 1.66. The number of rotatable bonds is 8. The second-order valence-corrected chi connectivity index (χ2v) is 8.30. The third-order valence-electron chi connectivity index (χ3n) is 5.82. The first-order chi connectivity index (χ1) is 15.7. The first kappa shape index (κ1) is 21.9. The van der Waals surface area contributed by atoms with E-state index in [0.717, 1.165) is 55.3 Å². The Bertz CT molecular complexity index is 1010. The van der Waals surface area contributed by atoms with E-state index in [9.17, 15) is 0 Å². The van der Waals surface area contributed by atoms with Crippen LogP contribution in [-0.2, 0) is 13.2 Å². The predicted molar refractivity (Wildman–Crippen MR) is 129 cm³/mol. The zero-order valence-electron chi connectivity index (χ0n) is 19.0. The quantitative estimate of drug-likeness (QED) is 0.557. The molecule has 1 aliphatic rings. The summed E-state index contributed by atoms with van der Waals surface area (Å²) in [4.78, 5) is 1.61. The number of methoxy groups -OCH3 is 1. The van der Waals surface area contributed by atoms with E-state index >= 15 is 0 Å². The summed E-state index contributed by atoms with van der Waals surface area (Å²) in [5.41, 5.74) is 4.85. The van der Waals surface area contributed by atoms with E-state index < -0.39 is 0 Å². The van der Waals surface area contributed by atoms with Crippen molar-refractivity contribution in [3.63, 3.8) is 0 Å². The summed E-state index contributed by atoms with van der Waals surface area (Å²) < 4.78 is 11.5. The number of piperazine rings is 1. The highest BCUT2D eigenvalue weighted by molar-refractivity contribution is 5.80. The lowest BCUT2D eigenvalue weighted by molar-refractivity contribution is -0.918. The van der Waals surface area contributed by atoms with Crippen molar-refractivity contribution in [2.45, 2.75) is 20.1 Å². The molecular weight excluding hydrogens is 398 g/mol. The molecule has 4 rings (SSSR count). The topological polar surface area (TPSA) is 38.5 Å². The molecule has 0 amide bonds. The molecule has 5 heteroatoms. The van der Waals surface area contributed by atoms with E-state index in [2.05, 4.69) is 48.3 Å². The van der Waals surface area contributed by atoms with Gasteiger partial charge in [-0.3, -0.25) is 5.01 Å². The standard InChI is InChI=1S/C27H31N3O2/c1-22-8-10-23(11-9-22)20-29-14-16-30(17-15-29)28-19-25-12-13-26(31-2)27(18-25)32-21-24-6-4-3-5-7-24/h3-13,18-19H,14-17,20-21H2,1-2H3/p+1/b28-19-. The molecule has 1 aliphatic heterocycles. The minimum Gasteiger partial charge on any atom is -0.493 e. The third-order valence-corrected chi connectivity index (χ3v) is 5.82. The van der Waals surface area contributed by atoms with Crippen molar-refractivity contribution in [1.82, 2.24) is 5.01 Å². The Hall–Kier alpha value is -3.31. The average Bonchev–Trinajstić information content (AvgIpc) is 2.84. The Balaban J connectivity index is 1.31. The molecule has 5 nitrogen and oxygen atoms in total. The maximum absolute atomic E-state index is 6.02. The molecule has 3 aromatic carbocycles. The fraction of sp³-hybridized carbons (Fsp3) is 0.296. The van der Waals surface area contributed by atoms with Crippen LogP contribution in [0, 0.1) is 6.92 Å². The maximum Gasteiger partial charge on any atom is 0.162 e. The lowest BCUT2D eigenvalue weighted by atomic mass is 10.1. The minimum absolute atomic E-state index is 0.503. The minimum atomic E-state index is 0.503. The van der Waals surface area contributed by atoms with Gasteiger partial charge in [-0.15, -0.1) is 0 Å². The van der Waals surface area contributed by atoms with Gasteiger partial charge in [-0.05, 0) is 36.2 Å². The monoisotopic (exact) mass is 430 g/mol. The summed E-state index contributed by atoms with van der Waals surface area (Å²) in [5.74, 6) is 1.46. The summed E-state index contributed by atoms with van der Waals surface area (Å²) in [5, 5.41) is 6.88. The molecular formula is C27H32N3O2+. The summed E-state index contributed by atoms with van der Waals surface area (Å²) in [6, 6.07) is 25.0. The summed E-state index contributed by atoms with van der Waals surface area (Å²) >= 11 is 0. The zero-order chi connectivity index (χ0) is 22.2. The van der Waals surface area contributed by atoms with Crippen LogP contribution in [0.2, 0.25) is 0 Å². The van der Waals surface area contributed by atoms with Crippen molar-refractivity contribution in [2.24, 2.45) is 5.10 Å². The maximum atomic E-state index is 6.02. The van der Waals surface area contributed by atoms with Gasteiger partial charge in [0.2, 0.25) is 0 Å². The molecule has 0 bridgehead atoms. The first-order valence-electron chi connectivity index (χ1n) is 11.2. The fourth-order valence-corrected chi connectivity index (χ4v) is 3.87. The van der Waals surface area contributed by atoms with Gasteiger partial charge in [0.25, 0.3) is 0 Å². The number of nitrogens with zero attached hydrogens (tertiary/aromatic N) is 2. The molecule has 3 aromatic rings. The van der Waals surface area contributed by atoms with Gasteiger partial charge in [0.15, 0.2) is 11.5 Å². The lowest BCUT2D eigenvalue weighted by Crippen LogP contribution is -3.13. The molecule has 0 spiro atoms. The van der Waals surface area contributed by atoms with Gasteiger partial charge in [-0.25, -0.2) is 0 Å². The van der Waals surface area contributed by atoms with Crippen molar-refractivity contribution in [3.8, 4) is 11.5 Å². The van der Waals surface area contributed by atoms with E-state index in [1.807, 2.05) is 42.6 Å². The van der Waals surface area contributed by atoms with Crippen LogP contribution in [0.25, 0.3) is 0 Å². The molecule has 32 heavy (non-hydrogen) atoms. The van der Waals surface area contributed by atoms with E-state index in [4.69, 9.17) is 14.6 Å². The number of hydrazone groups is 1. The normalized spacial score (nSPS) is 14.6. The highest BCUT2D eigenvalue weighted by Gasteiger charge is 2.18. The highest BCUT2D eigenvalue weighted by atomic mass is 16.5. The fourth-order valence-electron chi connectivity index (χ4n) is 3.87. The smallest absolute Gasteiger partial charge is 0.162 e. The molecule has 0 atom stereocenters. The predicted octanol–water partition coefficient (Wildman–Crippen LogP) is 3.32. The van der Waals surface area contributed by atoms with Gasteiger partial charge in [0.1, 0.15) is 13.2 Å². The molecule has 1 saturated heterocycles. The van der Waals surface area contributed by atoms with Gasteiger partial charge in [0, 0.05) is 5.56 Å². The Morgan fingerprint density at radius 1 is 0.906 bits per heavy atom. The molecule has 1 heterocycles. The van der Waals surface area contributed by atoms with E-state index in [1.165, 1.54) is 11.1 Å². The summed E-state index contributed by atoms with van der Waals surface area (Å²) in [6.07, 6.45) is 1.92. The molecule has 0 aromatic heterocycles. The summed E-state index contributed by atoms with van der Waals surface area (Å²) in [6.45, 7) is 7.84. The van der Waals surface area contributed by atoms with Crippen LogP contribution >= 0.6 is 0 Å². The van der Waals surface area contributed by atoms with Gasteiger partial charge in [-0.2, -0.15) is 5.10 Å². The zero-order valence-corrected chi connectivity index (χ0v) is 19.0. The molecule has 1 N–H and O–H groups in total. The van der Waals surface area contributed by atoms with Crippen molar-refractivity contribution in [3.05, 3.63) is 95.1 Å². The third kappa shape index (κ3) is 6.11. The van der Waals surface area contributed by atoms with Gasteiger partial charge in [-0.1, -0.05) is 60.2 Å². The molecule has 0 radical (unpaired) electrons. The Kier molecular flexibility index (Phi) is 7.41. The average molecular weight is 431 g/mol. The number of aryl methyl sites for hydroxylation is 1. The Morgan fingerprint density at radius 2 is 1.66 bits per heavy atom. The Labute approximate surface area is 190 Å². The second-order valence-electron chi connectivity index (χ2n) is 8.30. The van der Waals surface area contributed by atoms with Crippen LogP contribution in [0.1, 0.15) is 22.3 Å². The van der Waals surface area contributed by atoms with Crippen LogP contribution in [0.3, 0.4) is 0 Å². The van der Waals surface area contributed by atoms with E-state index in [0.29, 0.717) is 6.61 Å². The van der Waals surface area contributed by atoms with Gasteiger partial charge >= 0.3 is 0 Å². The number of hydrogen-bond acceptors (Lipinski definition) is 4. The number of quaternary nitrogens is 1. The first-order valence-corrected chi connectivity index (χ1v) is 11.2. The largest absolute Gasteiger partial charge is 0.493 e. The lowest BCUT2D eigenvalue weighted by Gasteiger charge is -2.30. The van der Waals surface area contributed by atoms with Crippen LogP contribution in [0.4, 0.5) is 0 Å². The molecule has 0 aliphatic carbocycles. The van der Waals surface area contributed by atoms with Crippen LogP contribution < -0.4 is 14.4 Å². The van der Waals surface area contributed by atoms with E-state index in [-0.39, 0.29) is 0 Å². The molecule has 1 fully saturated rings. The highest BCUT2D eigenvalue weighted by Crippen LogP contribution is 2.28. The molecule has 166 valence electrons. The van der Waals surface area contributed by atoms with Crippen molar-refractivity contribution in [1.29, 1.82) is 0 Å². The molecule has 0 unspecified atom stereocenters. The van der Waals surface area contributed by atoms with Crippen molar-refractivity contribution < 1.29 is 14.4 Å². The number of benzene rings is 3. The van der Waals surface area contributed by atoms with Gasteiger partial charge < -0.3 is 14.4 Å². The number of hydrogen-bond donors (Lipinski definition) is 1. The van der Waals surface area contributed by atoms with Crippen molar-refractivity contribution in [2.75, 3.05) is 33.3 Å². The number of nitrogens with one attached hydrogen (secondary N) is 1. The molecule has 0 saturated carbocycles. The second kappa shape index (κ2) is 10.8. The van der Waals surface area contributed by atoms with E-state index in [1.54, 1.807) is 12.0 Å². The van der Waals surface area contributed by atoms with Crippen molar-refractivity contribution >= 4 is 6.21 Å².